The Bertz CT molecular complexity index is 54.3. The van der Waals surface area contributed by atoms with Crippen molar-refractivity contribution in [2.45, 2.75) is 4.60 Å². The van der Waals surface area contributed by atoms with Gasteiger partial charge < -0.3 is 0 Å². The minimum absolute atomic E-state index is 0.604. The number of halogens is 2. The van der Waals surface area contributed by atoms with Crippen LogP contribution >= 0.6 is 0 Å². The van der Waals surface area contributed by atoms with Crippen LogP contribution in [0.15, 0.2) is 12.7 Å². The third kappa shape index (κ3) is 4.20. The van der Waals surface area contributed by atoms with E-state index in [1.165, 1.54) is 0 Å². The fourth-order valence-electron chi connectivity index (χ4n) is 0. The molecular weight excluding hydrogens is 81.0 g/mol. The van der Waals surface area contributed by atoms with Gasteiger partial charge in [0.15, 0.2) is 0 Å². The van der Waals surface area contributed by atoms with Crippen LogP contribution in [-0.4, -0.2) is 22.3 Å². The SMILES string of the molecule is [Li][C](F)(F)C=C. The molecule has 0 aliphatic heterocycles. The summed E-state index contributed by atoms with van der Waals surface area (Å²) >= 11 is 0.792. The maximum atomic E-state index is 11.3. The van der Waals surface area contributed by atoms with Gasteiger partial charge in [-0.05, 0) is 0 Å². The second kappa shape index (κ2) is 1.77. The number of hydrogen-bond acceptors (Lipinski definition) is 0. The molecule has 0 radical (unpaired) electrons. The second-order valence-electron chi connectivity index (χ2n) is 1.16. The predicted octanol–water partition coefficient (Wildman–Crippen LogP) is 0.934. The van der Waals surface area contributed by atoms with Gasteiger partial charge in [0.25, 0.3) is 0 Å². The van der Waals surface area contributed by atoms with Gasteiger partial charge in [-0.15, -0.1) is 0 Å². The first-order valence-corrected chi connectivity index (χ1v) is 1.57. The first-order valence-electron chi connectivity index (χ1n) is 1.57. The van der Waals surface area contributed by atoms with Crippen molar-refractivity contribution in [2.24, 2.45) is 0 Å². The summed E-state index contributed by atoms with van der Waals surface area (Å²) in [7, 11) is 0. The molecule has 0 fully saturated rings. The molecule has 0 spiro atoms. The quantitative estimate of drug-likeness (QED) is 0.327. The van der Waals surface area contributed by atoms with E-state index in [9.17, 15) is 8.78 Å². The summed E-state index contributed by atoms with van der Waals surface area (Å²) in [5.74, 6) is 0. The summed E-state index contributed by atoms with van der Waals surface area (Å²) in [6, 6.07) is 0. The van der Waals surface area contributed by atoms with Crippen LogP contribution in [0.1, 0.15) is 0 Å². The Morgan fingerprint density at radius 2 is 1.83 bits per heavy atom. The van der Waals surface area contributed by atoms with Gasteiger partial charge in [-0.2, -0.15) is 0 Å². The van der Waals surface area contributed by atoms with Crippen LogP contribution in [0.2, 0.25) is 0 Å². The molecule has 0 heterocycles. The molecule has 0 aromatic heterocycles. The molecule has 30 valence electrons. The molecular formula is C3H3F2Li. The standard InChI is InChI=1S/C3H3F2.Li/c1-2-3(4)5;/h2H,1H2;. The zero-order valence-electron chi connectivity index (χ0n) is 3.54. The van der Waals surface area contributed by atoms with E-state index in [-0.39, 0.29) is 0 Å². The number of rotatable bonds is 1. The van der Waals surface area contributed by atoms with Crippen molar-refractivity contribution < 1.29 is 8.78 Å². The Kier molecular flexibility index (Phi) is 1.83. The van der Waals surface area contributed by atoms with E-state index < -0.39 is 4.60 Å². The molecule has 3 heteroatoms. The summed E-state index contributed by atoms with van der Waals surface area (Å²) in [5, 5.41) is 0. The van der Waals surface area contributed by atoms with E-state index in [2.05, 4.69) is 6.58 Å². The van der Waals surface area contributed by atoms with Crippen LogP contribution in [0, 0.1) is 0 Å². The molecule has 6 heavy (non-hydrogen) atoms. The van der Waals surface area contributed by atoms with Crippen LogP contribution < -0.4 is 0 Å². The van der Waals surface area contributed by atoms with Gasteiger partial charge in [0.2, 0.25) is 0 Å². The third-order valence-corrected chi connectivity index (χ3v) is 0.358. The van der Waals surface area contributed by atoms with Gasteiger partial charge in [0.05, 0.1) is 0 Å². The van der Waals surface area contributed by atoms with Crippen LogP contribution in [0.4, 0.5) is 8.78 Å². The Morgan fingerprint density at radius 1 is 1.67 bits per heavy atom. The molecule has 0 N–H and O–H groups in total. The minimum atomic E-state index is -2.69. The Hall–Kier alpha value is 0.197. The summed E-state index contributed by atoms with van der Waals surface area (Å²) in [6.07, 6.45) is 0.604. The fraction of sp³-hybridized carbons (Fsp3) is 0.333. The Labute approximate surface area is 44.4 Å². The molecule has 0 saturated heterocycles. The van der Waals surface area contributed by atoms with Crippen molar-refractivity contribution >= 4 is 17.7 Å². The van der Waals surface area contributed by atoms with E-state index in [0.29, 0.717) is 6.08 Å². The van der Waals surface area contributed by atoms with Crippen molar-refractivity contribution in [2.75, 3.05) is 0 Å². The molecule has 0 aromatic rings. The molecule has 0 nitrogen and oxygen atoms in total. The molecule has 0 atom stereocenters. The second-order valence-corrected chi connectivity index (χ2v) is 1.16. The summed E-state index contributed by atoms with van der Waals surface area (Å²) in [4.78, 5) is 0. The monoisotopic (exact) mass is 84.0 g/mol. The summed E-state index contributed by atoms with van der Waals surface area (Å²) < 4.78 is 20.0. The van der Waals surface area contributed by atoms with Crippen LogP contribution in [0.3, 0.4) is 0 Å². The zero-order valence-corrected chi connectivity index (χ0v) is 3.54. The maximum absolute atomic E-state index is 11.3. The predicted molar refractivity (Wildman–Crippen MR) is 20.9 cm³/mol. The van der Waals surface area contributed by atoms with Crippen LogP contribution in [0.5, 0.6) is 0 Å². The van der Waals surface area contributed by atoms with Gasteiger partial charge >= 0.3 is 43.7 Å². The molecule has 0 saturated carbocycles. The van der Waals surface area contributed by atoms with Crippen molar-refractivity contribution in [3.8, 4) is 0 Å². The molecule has 0 bridgehead atoms. The van der Waals surface area contributed by atoms with Gasteiger partial charge in [-0.3, -0.25) is 0 Å². The number of alkyl halides is 2. The van der Waals surface area contributed by atoms with Crippen LogP contribution in [0.25, 0.3) is 0 Å². The van der Waals surface area contributed by atoms with E-state index in [4.69, 9.17) is 0 Å². The van der Waals surface area contributed by atoms with E-state index >= 15 is 0 Å². The third-order valence-electron chi connectivity index (χ3n) is 0.358. The molecule has 0 amide bonds. The van der Waals surface area contributed by atoms with E-state index in [0.717, 1.165) is 17.7 Å². The first-order chi connectivity index (χ1) is 2.56. The van der Waals surface area contributed by atoms with Crippen molar-refractivity contribution in [3.05, 3.63) is 12.7 Å². The van der Waals surface area contributed by atoms with Gasteiger partial charge in [-0.25, -0.2) is 0 Å². The average Bonchev–Trinajstić information content (AvgIpc) is 1.35. The molecule has 0 aliphatic carbocycles. The molecule has 0 aliphatic rings. The first kappa shape index (κ1) is 6.20. The van der Waals surface area contributed by atoms with Gasteiger partial charge in [0, 0.05) is 0 Å². The number of hydrogen-bond donors (Lipinski definition) is 0. The van der Waals surface area contributed by atoms with Gasteiger partial charge in [0.1, 0.15) is 0 Å². The van der Waals surface area contributed by atoms with Gasteiger partial charge in [-0.1, -0.05) is 0 Å². The summed E-state index contributed by atoms with van der Waals surface area (Å²) in [6.45, 7) is 2.88. The fourth-order valence-corrected chi connectivity index (χ4v) is 0. The summed E-state index contributed by atoms with van der Waals surface area (Å²) in [5.41, 5.74) is 0. The number of allylic oxidation sites excluding steroid dienone is 1. The van der Waals surface area contributed by atoms with Crippen molar-refractivity contribution in [1.82, 2.24) is 0 Å². The van der Waals surface area contributed by atoms with Crippen molar-refractivity contribution in [1.29, 1.82) is 0 Å². The normalized spacial score (nSPS) is 11.3. The van der Waals surface area contributed by atoms with Crippen molar-refractivity contribution in [3.63, 3.8) is 0 Å². The van der Waals surface area contributed by atoms with E-state index in [1.807, 2.05) is 0 Å². The van der Waals surface area contributed by atoms with Crippen LogP contribution in [-0.2, 0) is 0 Å². The average molecular weight is 84.0 g/mol. The van der Waals surface area contributed by atoms with E-state index in [1.54, 1.807) is 0 Å². The molecule has 0 rings (SSSR count). The molecule has 0 unspecified atom stereocenters. The Balaban J connectivity index is 3.45. The Morgan fingerprint density at radius 3 is 1.83 bits per heavy atom. The molecule has 0 aromatic carbocycles. The topological polar surface area (TPSA) is 0 Å². The zero-order chi connectivity index (χ0) is 5.21.